The number of anilines is 2. The van der Waals surface area contributed by atoms with Gasteiger partial charge in [0.15, 0.2) is 0 Å². The Labute approximate surface area is 229 Å². The molecule has 0 spiro atoms. The molecule has 1 aromatic heterocycles. The second-order valence-electron chi connectivity index (χ2n) is 9.10. The summed E-state index contributed by atoms with van der Waals surface area (Å²) in [6.45, 7) is 2.16. The maximum Gasteiger partial charge on any atom is 0.280 e. The molecule has 1 N–H and O–H groups in total. The van der Waals surface area contributed by atoms with Gasteiger partial charge in [-0.1, -0.05) is 24.3 Å². The number of hydrogen-bond donors (Lipinski definition) is 1. The summed E-state index contributed by atoms with van der Waals surface area (Å²) < 4.78 is 19.7. The summed E-state index contributed by atoms with van der Waals surface area (Å²) in [5, 5.41) is 14.1. The van der Waals surface area contributed by atoms with Crippen molar-refractivity contribution in [2.24, 2.45) is 0 Å². The molecule has 3 aromatic carbocycles. The first kappa shape index (κ1) is 26.4. The first-order valence-corrected chi connectivity index (χ1v) is 12.6. The van der Waals surface area contributed by atoms with Gasteiger partial charge in [-0.3, -0.25) is 19.7 Å². The van der Waals surface area contributed by atoms with Crippen LogP contribution in [0.4, 0.5) is 21.5 Å². The fourth-order valence-electron chi connectivity index (χ4n) is 4.50. The van der Waals surface area contributed by atoms with Crippen LogP contribution in [0.1, 0.15) is 16.1 Å². The van der Waals surface area contributed by atoms with Gasteiger partial charge in [0.1, 0.15) is 17.3 Å². The van der Waals surface area contributed by atoms with Crippen molar-refractivity contribution in [3.05, 3.63) is 118 Å². The van der Waals surface area contributed by atoms with Crippen LogP contribution in [0.25, 0.3) is 17.4 Å². The Morgan fingerprint density at radius 2 is 1.60 bits per heavy atom. The molecule has 0 unspecified atom stereocenters. The molecule has 40 heavy (non-hydrogen) atoms. The van der Waals surface area contributed by atoms with Crippen LogP contribution in [0.15, 0.2) is 95.4 Å². The Morgan fingerprint density at radius 3 is 2.33 bits per heavy atom. The van der Waals surface area contributed by atoms with Crippen molar-refractivity contribution in [3.8, 4) is 11.3 Å². The molecule has 1 aliphatic heterocycles. The van der Waals surface area contributed by atoms with E-state index in [0.29, 0.717) is 49.0 Å². The molecule has 202 valence electrons. The highest BCUT2D eigenvalue weighted by atomic mass is 19.1. The number of hydrogen-bond acceptors (Lipinski definition) is 6. The van der Waals surface area contributed by atoms with Gasteiger partial charge in [-0.25, -0.2) is 4.39 Å². The van der Waals surface area contributed by atoms with Gasteiger partial charge >= 0.3 is 0 Å². The number of rotatable bonds is 7. The minimum absolute atomic E-state index is 0.0634. The highest BCUT2D eigenvalue weighted by molar-refractivity contribution is 6.01. The molecule has 2 amide bonds. The monoisotopic (exact) mass is 540 g/mol. The summed E-state index contributed by atoms with van der Waals surface area (Å²) in [6.07, 6.45) is 2.81. The third-order valence-corrected chi connectivity index (χ3v) is 6.56. The lowest BCUT2D eigenvalue weighted by atomic mass is 10.1. The van der Waals surface area contributed by atoms with Gasteiger partial charge < -0.3 is 19.5 Å². The number of nitrogens with one attached hydrogen (secondary N) is 1. The average molecular weight is 541 g/mol. The van der Waals surface area contributed by atoms with Crippen LogP contribution in [0.3, 0.4) is 0 Å². The predicted octanol–water partition coefficient (Wildman–Crippen LogP) is 5.61. The third kappa shape index (κ3) is 5.91. The molecule has 1 saturated heterocycles. The molecule has 0 atom stereocenters. The van der Waals surface area contributed by atoms with E-state index < -0.39 is 10.7 Å². The van der Waals surface area contributed by atoms with Gasteiger partial charge in [-0.15, -0.1) is 0 Å². The van der Waals surface area contributed by atoms with Crippen molar-refractivity contribution < 1.29 is 23.3 Å². The minimum atomic E-state index is -0.519. The molecule has 2 heterocycles. The van der Waals surface area contributed by atoms with Crippen LogP contribution in [0.2, 0.25) is 0 Å². The largest absolute Gasteiger partial charge is 0.456 e. The lowest BCUT2D eigenvalue weighted by Gasteiger charge is -2.36. The quantitative estimate of drug-likeness (QED) is 0.185. The van der Waals surface area contributed by atoms with Gasteiger partial charge in [0.25, 0.3) is 11.6 Å². The van der Waals surface area contributed by atoms with E-state index in [4.69, 9.17) is 4.42 Å². The SMILES string of the molecule is O=C(/C=C/c1ccc(-c2ccccc2[N+](=O)[O-])o1)Nc1ccc(N2CCN(C(=O)c3ccccc3F)CC2)cc1. The molecule has 1 fully saturated rings. The molecular formula is C30H25FN4O5. The van der Waals surface area contributed by atoms with E-state index in [1.54, 1.807) is 59.5 Å². The number of halogens is 1. The molecule has 10 heteroatoms. The van der Waals surface area contributed by atoms with Gasteiger partial charge in [-0.05, 0) is 60.7 Å². The second-order valence-corrected chi connectivity index (χ2v) is 9.10. The Balaban J connectivity index is 1.14. The molecule has 9 nitrogen and oxygen atoms in total. The van der Waals surface area contributed by atoms with E-state index in [1.165, 1.54) is 30.4 Å². The van der Waals surface area contributed by atoms with E-state index in [-0.39, 0.29) is 23.1 Å². The van der Waals surface area contributed by atoms with Crippen molar-refractivity contribution >= 4 is 35.0 Å². The van der Waals surface area contributed by atoms with Gasteiger partial charge in [-0.2, -0.15) is 0 Å². The molecule has 0 radical (unpaired) electrons. The minimum Gasteiger partial charge on any atom is -0.456 e. The number of furan rings is 1. The van der Waals surface area contributed by atoms with Crippen molar-refractivity contribution in [2.75, 3.05) is 36.4 Å². The zero-order chi connectivity index (χ0) is 28.1. The fourth-order valence-corrected chi connectivity index (χ4v) is 4.50. The summed E-state index contributed by atoms with van der Waals surface area (Å²) in [4.78, 5) is 39.7. The van der Waals surface area contributed by atoms with Crippen molar-refractivity contribution in [2.45, 2.75) is 0 Å². The number of amides is 2. The van der Waals surface area contributed by atoms with Gasteiger partial charge in [0.2, 0.25) is 5.91 Å². The standard InChI is InChI=1S/C30H25FN4O5/c31-26-7-3-1-5-24(26)30(37)34-19-17-33(18-20-34)22-11-9-21(10-12-22)32-29(36)16-14-23-13-15-28(40-23)25-6-2-4-8-27(25)35(38)39/h1-16H,17-20H2,(H,32,36)/b16-14+. The van der Waals surface area contributed by atoms with Crippen LogP contribution < -0.4 is 10.2 Å². The number of piperazine rings is 1. The van der Waals surface area contributed by atoms with Crippen LogP contribution in [-0.4, -0.2) is 47.8 Å². The predicted molar refractivity (Wildman–Crippen MR) is 149 cm³/mol. The molecule has 4 aromatic rings. The number of para-hydroxylation sites is 1. The summed E-state index contributed by atoms with van der Waals surface area (Å²) >= 11 is 0. The third-order valence-electron chi connectivity index (χ3n) is 6.56. The smallest absolute Gasteiger partial charge is 0.280 e. The molecule has 0 saturated carbocycles. The Hall–Kier alpha value is -5.25. The normalized spacial score (nSPS) is 13.4. The van der Waals surface area contributed by atoms with Crippen LogP contribution in [0.5, 0.6) is 0 Å². The molecule has 1 aliphatic rings. The fraction of sp³-hybridized carbons (Fsp3) is 0.133. The lowest BCUT2D eigenvalue weighted by molar-refractivity contribution is -0.384. The lowest BCUT2D eigenvalue weighted by Crippen LogP contribution is -2.49. The molecule has 0 bridgehead atoms. The first-order chi connectivity index (χ1) is 19.4. The average Bonchev–Trinajstić information content (AvgIpc) is 3.45. The van der Waals surface area contributed by atoms with Crippen molar-refractivity contribution in [3.63, 3.8) is 0 Å². The number of carbonyl (C=O) groups is 2. The van der Waals surface area contributed by atoms with Crippen LogP contribution >= 0.6 is 0 Å². The van der Waals surface area contributed by atoms with Crippen LogP contribution in [0, 0.1) is 15.9 Å². The van der Waals surface area contributed by atoms with Gasteiger partial charge in [0.05, 0.1) is 16.1 Å². The van der Waals surface area contributed by atoms with Crippen LogP contribution in [-0.2, 0) is 4.79 Å². The summed E-state index contributed by atoms with van der Waals surface area (Å²) in [6, 6.07) is 22.9. The number of nitro benzene ring substituents is 1. The maximum atomic E-state index is 14.0. The van der Waals surface area contributed by atoms with E-state index >= 15 is 0 Å². The maximum absolute atomic E-state index is 14.0. The Bertz CT molecular complexity index is 1570. The van der Waals surface area contributed by atoms with E-state index in [2.05, 4.69) is 10.2 Å². The summed E-state index contributed by atoms with van der Waals surface area (Å²) in [7, 11) is 0. The Morgan fingerprint density at radius 1 is 0.900 bits per heavy atom. The molecule has 5 rings (SSSR count). The number of carbonyl (C=O) groups excluding carboxylic acids is 2. The van der Waals surface area contributed by atoms with Gasteiger partial charge in [0, 0.05) is 49.7 Å². The van der Waals surface area contributed by atoms with E-state index in [1.807, 2.05) is 12.1 Å². The zero-order valence-electron chi connectivity index (χ0n) is 21.3. The first-order valence-electron chi connectivity index (χ1n) is 12.6. The number of benzene rings is 3. The van der Waals surface area contributed by atoms with E-state index in [0.717, 1.165) is 5.69 Å². The topological polar surface area (TPSA) is 109 Å². The second kappa shape index (κ2) is 11.6. The summed E-state index contributed by atoms with van der Waals surface area (Å²) in [5.74, 6) is -0.478. The number of nitro groups is 1. The molecular weight excluding hydrogens is 515 g/mol. The zero-order valence-corrected chi connectivity index (χ0v) is 21.3. The number of nitrogens with zero attached hydrogens (tertiary/aromatic N) is 3. The highest BCUT2D eigenvalue weighted by Crippen LogP contribution is 2.31. The van der Waals surface area contributed by atoms with Crippen molar-refractivity contribution in [1.29, 1.82) is 0 Å². The van der Waals surface area contributed by atoms with Crippen molar-refractivity contribution in [1.82, 2.24) is 4.90 Å². The summed E-state index contributed by atoms with van der Waals surface area (Å²) in [5.41, 5.74) is 1.93. The highest BCUT2D eigenvalue weighted by Gasteiger charge is 2.24. The molecule has 0 aliphatic carbocycles. The Kier molecular flexibility index (Phi) is 7.68. The van der Waals surface area contributed by atoms with E-state index in [9.17, 15) is 24.1 Å².